The van der Waals surface area contributed by atoms with Gasteiger partial charge in [-0.15, -0.1) is 6.58 Å². The molecular formula is C19H26N2O2. The summed E-state index contributed by atoms with van der Waals surface area (Å²) in [6.45, 7) is 8.17. The van der Waals surface area contributed by atoms with E-state index in [9.17, 15) is 4.79 Å². The first-order valence-electron chi connectivity index (χ1n) is 8.63. The average molecular weight is 314 g/mol. The van der Waals surface area contributed by atoms with Crippen LogP contribution >= 0.6 is 0 Å². The Balaban J connectivity index is 1.48. The average Bonchev–Trinajstić information content (AvgIpc) is 2.59. The van der Waals surface area contributed by atoms with E-state index < -0.39 is 0 Å². The van der Waals surface area contributed by atoms with Gasteiger partial charge in [0.25, 0.3) is 5.91 Å². The van der Waals surface area contributed by atoms with Crippen LogP contribution in [-0.4, -0.2) is 43.6 Å². The molecule has 2 aliphatic rings. The Morgan fingerprint density at radius 2 is 2.00 bits per heavy atom. The Labute approximate surface area is 138 Å². The first kappa shape index (κ1) is 16.1. The maximum Gasteiger partial charge on any atom is 0.265 e. The summed E-state index contributed by atoms with van der Waals surface area (Å²) in [4.78, 5) is 16.5. The van der Waals surface area contributed by atoms with Crippen molar-refractivity contribution in [1.29, 1.82) is 0 Å². The third kappa shape index (κ3) is 3.94. The molecule has 0 unspecified atom stereocenters. The Morgan fingerprint density at radius 1 is 1.22 bits per heavy atom. The number of rotatable bonds is 6. The molecule has 124 valence electrons. The van der Waals surface area contributed by atoms with Gasteiger partial charge in [0, 0.05) is 6.54 Å². The van der Waals surface area contributed by atoms with Crippen molar-refractivity contribution < 1.29 is 9.53 Å². The molecule has 1 aromatic carbocycles. The van der Waals surface area contributed by atoms with Crippen LogP contribution < -0.4 is 9.64 Å². The molecule has 3 rings (SSSR count). The first-order valence-corrected chi connectivity index (χ1v) is 8.63. The number of piperidine rings is 1. The molecule has 1 aromatic rings. The molecule has 0 spiro atoms. The number of amides is 1. The fourth-order valence-electron chi connectivity index (χ4n) is 3.53. The Bertz CT molecular complexity index is 550. The lowest BCUT2D eigenvalue weighted by Gasteiger charge is -2.33. The number of ether oxygens (including phenoxy) is 1. The van der Waals surface area contributed by atoms with E-state index in [1.807, 2.05) is 35.2 Å². The summed E-state index contributed by atoms with van der Waals surface area (Å²) in [6, 6.07) is 7.80. The Hall–Kier alpha value is -1.81. The van der Waals surface area contributed by atoms with Gasteiger partial charge in [-0.25, -0.2) is 0 Å². The van der Waals surface area contributed by atoms with Crippen molar-refractivity contribution in [3.05, 3.63) is 36.9 Å². The second-order valence-corrected chi connectivity index (χ2v) is 6.46. The quantitative estimate of drug-likeness (QED) is 0.757. The lowest BCUT2D eigenvalue weighted by Crippen LogP contribution is -2.41. The molecule has 4 heteroatoms. The number of anilines is 1. The molecule has 0 saturated carbocycles. The molecule has 1 amide bonds. The molecule has 0 atom stereocenters. The van der Waals surface area contributed by atoms with Gasteiger partial charge in [-0.1, -0.05) is 18.2 Å². The third-order valence-electron chi connectivity index (χ3n) is 4.87. The van der Waals surface area contributed by atoms with E-state index in [4.69, 9.17) is 4.74 Å². The van der Waals surface area contributed by atoms with Crippen LogP contribution in [0.1, 0.15) is 25.7 Å². The smallest absolute Gasteiger partial charge is 0.265 e. The minimum absolute atomic E-state index is 0.0633. The molecule has 0 N–H and O–H groups in total. The first-order chi connectivity index (χ1) is 11.3. The van der Waals surface area contributed by atoms with Crippen LogP contribution in [0.2, 0.25) is 0 Å². The van der Waals surface area contributed by atoms with E-state index in [1.165, 1.54) is 25.9 Å². The van der Waals surface area contributed by atoms with Gasteiger partial charge >= 0.3 is 0 Å². The number of fused-ring (bicyclic) bond motifs is 1. The number of nitrogens with zero attached hydrogens (tertiary/aromatic N) is 2. The van der Waals surface area contributed by atoms with Crippen molar-refractivity contribution in [1.82, 2.24) is 4.90 Å². The summed E-state index contributed by atoms with van der Waals surface area (Å²) in [5, 5.41) is 0. The number of likely N-dealkylation sites (tertiary alicyclic amines) is 1. The Morgan fingerprint density at radius 3 is 2.78 bits per heavy atom. The SMILES string of the molecule is C=CCC1CCN(CCCN2C(=O)COc3ccccc32)CC1. The Kier molecular flexibility index (Phi) is 5.34. The largest absolute Gasteiger partial charge is 0.482 e. The summed E-state index contributed by atoms with van der Waals surface area (Å²) in [6.07, 6.45) is 6.73. The maximum atomic E-state index is 12.1. The zero-order valence-corrected chi connectivity index (χ0v) is 13.7. The maximum absolute atomic E-state index is 12.1. The lowest BCUT2D eigenvalue weighted by atomic mass is 9.93. The molecule has 23 heavy (non-hydrogen) atoms. The molecular weight excluding hydrogens is 288 g/mol. The van der Waals surface area contributed by atoms with Crippen LogP contribution in [0.5, 0.6) is 5.75 Å². The monoisotopic (exact) mass is 314 g/mol. The summed E-state index contributed by atoms with van der Waals surface area (Å²) in [7, 11) is 0. The molecule has 1 saturated heterocycles. The van der Waals surface area contributed by atoms with Crippen LogP contribution in [0, 0.1) is 5.92 Å². The van der Waals surface area contributed by atoms with Gasteiger partial charge in [0.2, 0.25) is 0 Å². The zero-order chi connectivity index (χ0) is 16.1. The normalized spacial score (nSPS) is 19.3. The summed E-state index contributed by atoms with van der Waals surface area (Å²) in [5.41, 5.74) is 0.911. The van der Waals surface area contributed by atoms with Crippen molar-refractivity contribution in [2.75, 3.05) is 37.7 Å². The molecule has 1 fully saturated rings. The van der Waals surface area contributed by atoms with E-state index in [0.29, 0.717) is 0 Å². The van der Waals surface area contributed by atoms with Crippen LogP contribution in [0.25, 0.3) is 0 Å². The standard InChI is InChI=1S/C19H26N2O2/c1-2-6-16-9-13-20(14-10-16)11-5-12-21-17-7-3-4-8-18(17)23-15-19(21)22/h2-4,7-8,16H,1,5-6,9-15H2. The predicted octanol–water partition coefficient (Wildman–Crippen LogP) is 3.09. The molecule has 2 aliphatic heterocycles. The molecule has 4 nitrogen and oxygen atoms in total. The summed E-state index contributed by atoms with van der Waals surface area (Å²) < 4.78 is 5.49. The summed E-state index contributed by atoms with van der Waals surface area (Å²) in [5.74, 6) is 1.70. The van der Waals surface area contributed by atoms with Crippen molar-refractivity contribution in [3.8, 4) is 5.75 Å². The van der Waals surface area contributed by atoms with Gasteiger partial charge in [0.1, 0.15) is 5.75 Å². The molecule has 2 heterocycles. The van der Waals surface area contributed by atoms with Gasteiger partial charge < -0.3 is 14.5 Å². The topological polar surface area (TPSA) is 32.8 Å². The number of para-hydroxylation sites is 2. The molecule has 0 aromatic heterocycles. The number of benzene rings is 1. The minimum Gasteiger partial charge on any atom is -0.482 e. The zero-order valence-electron chi connectivity index (χ0n) is 13.7. The van der Waals surface area contributed by atoms with Gasteiger partial charge in [-0.3, -0.25) is 4.79 Å². The van der Waals surface area contributed by atoms with Crippen molar-refractivity contribution in [2.45, 2.75) is 25.7 Å². The molecule has 0 bridgehead atoms. The van der Waals surface area contributed by atoms with Crippen molar-refractivity contribution >= 4 is 11.6 Å². The van der Waals surface area contributed by atoms with Crippen LogP contribution in [0.3, 0.4) is 0 Å². The number of carbonyl (C=O) groups is 1. The highest BCUT2D eigenvalue weighted by Crippen LogP contribution is 2.31. The van der Waals surface area contributed by atoms with Crippen molar-refractivity contribution in [2.24, 2.45) is 5.92 Å². The predicted molar refractivity (Wildman–Crippen MR) is 92.9 cm³/mol. The van der Waals surface area contributed by atoms with E-state index in [-0.39, 0.29) is 12.5 Å². The van der Waals surface area contributed by atoms with Crippen LogP contribution in [-0.2, 0) is 4.79 Å². The van der Waals surface area contributed by atoms with E-state index >= 15 is 0 Å². The van der Waals surface area contributed by atoms with Gasteiger partial charge in [0.15, 0.2) is 6.61 Å². The number of hydrogen-bond acceptors (Lipinski definition) is 3. The number of allylic oxidation sites excluding steroid dienone is 1. The third-order valence-corrected chi connectivity index (χ3v) is 4.87. The number of carbonyl (C=O) groups excluding carboxylic acids is 1. The lowest BCUT2D eigenvalue weighted by molar-refractivity contribution is -0.121. The molecule has 0 aliphatic carbocycles. The van der Waals surface area contributed by atoms with E-state index in [0.717, 1.165) is 43.3 Å². The highest BCUT2D eigenvalue weighted by Gasteiger charge is 2.25. The highest BCUT2D eigenvalue weighted by molar-refractivity contribution is 5.97. The molecule has 0 radical (unpaired) electrons. The highest BCUT2D eigenvalue weighted by atomic mass is 16.5. The minimum atomic E-state index is 0.0633. The fourth-order valence-corrected chi connectivity index (χ4v) is 3.53. The van der Waals surface area contributed by atoms with Gasteiger partial charge in [-0.2, -0.15) is 0 Å². The van der Waals surface area contributed by atoms with Crippen LogP contribution in [0.15, 0.2) is 36.9 Å². The van der Waals surface area contributed by atoms with Crippen LogP contribution in [0.4, 0.5) is 5.69 Å². The van der Waals surface area contributed by atoms with Crippen molar-refractivity contribution in [3.63, 3.8) is 0 Å². The van der Waals surface area contributed by atoms with Gasteiger partial charge in [-0.05, 0) is 63.4 Å². The summed E-state index contributed by atoms with van der Waals surface area (Å²) >= 11 is 0. The number of hydrogen-bond donors (Lipinski definition) is 0. The van der Waals surface area contributed by atoms with E-state index in [1.54, 1.807) is 0 Å². The fraction of sp³-hybridized carbons (Fsp3) is 0.526. The second kappa shape index (κ2) is 7.64. The van der Waals surface area contributed by atoms with Gasteiger partial charge in [0.05, 0.1) is 5.69 Å². The van der Waals surface area contributed by atoms with E-state index in [2.05, 4.69) is 11.5 Å². The second-order valence-electron chi connectivity index (χ2n) is 6.46.